The van der Waals surface area contributed by atoms with E-state index in [0.29, 0.717) is 23.0 Å². The molecule has 0 atom stereocenters. The van der Waals surface area contributed by atoms with Crippen LogP contribution in [0.15, 0.2) is 78.0 Å². The molecule has 3 aromatic carbocycles. The molecule has 0 bridgehead atoms. The molecule has 1 amide bonds. The number of halogens is 2. The number of aryl methyl sites for hydroxylation is 1. The lowest BCUT2D eigenvalue weighted by atomic mass is 10.1. The van der Waals surface area contributed by atoms with Crippen LogP contribution >= 0.6 is 35.0 Å². The molecule has 4 aromatic rings. The van der Waals surface area contributed by atoms with Gasteiger partial charge in [-0.15, -0.1) is 10.2 Å². The number of amides is 1. The van der Waals surface area contributed by atoms with Crippen LogP contribution in [0.1, 0.15) is 24.0 Å². The third-order valence-electron chi connectivity index (χ3n) is 5.46. The number of rotatable bonds is 10. The Morgan fingerprint density at radius 1 is 0.971 bits per heavy atom. The Morgan fingerprint density at radius 2 is 1.74 bits per heavy atom. The summed E-state index contributed by atoms with van der Waals surface area (Å²) in [5.74, 6) is 1.52. The standard InChI is InChI=1S/C27H26Cl2N4OS/c1-19-9-11-21(12-10-19)26-31-32-27(33(26)22-13-14-23(28)24(29)18-22)35-17-5-8-25(34)30-16-15-20-6-3-2-4-7-20/h2-4,6-7,9-14,18H,5,8,15-17H2,1H3,(H,30,34). The minimum atomic E-state index is 0.0628. The highest BCUT2D eigenvalue weighted by Gasteiger charge is 2.17. The van der Waals surface area contributed by atoms with Crippen molar-refractivity contribution in [3.63, 3.8) is 0 Å². The maximum Gasteiger partial charge on any atom is 0.220 e. The Hall–Kier alpha value is -2.80. The van der Waals surface area contributed by atoms with Crippen molar-refractivity contribution in [1.29, 1.82) is 0 Å². The number of hydrogen-bond donors (Lipinski definition) is 1. The number of nitrogens with one attached hydrogen (secondary N) is 1. The molecule has 8 heteroatoms. The summed E-state index contributed by atoms with van der Waals surface area (Å²) >= 11 is 14.0. The molecule has 180 valence electrons. The summed E-state index contributed by atoms with van der Waals surface area (Å²) in [6, 6.07) is 23.8. The van der Waals surface area contributed by atoms with Crippen molar-refractivity contribution >= 4 is 40.9 Å². The molecular weight excluding hydrogens is 499 g/mol. The van der Waals surface area contributed by atoms with Crippen LogP contribution in [-0.4, -0.2) is 33.0 Å². The van der Waals surface area contributed by atoms with Gasteiger partial charge in [-0.05, 0) is 43.5 Å². The molecule has 0 spiro atoms. The molecule has 0 saturated heterocycles. The summed E-state index contributed by atoms with van der Waals surface area (Å²) < 4.78 is 1.98. The maximum absolute atomic E-state index is 12.2. The van der Waals surface area contributed by atoms with Gasteiger partial charge in [0.25, 0.3) is 0 Å². The molecule has 0 radical (unpaired) electrons. The first kappa shape index (κ1) is 25.3. The molecule has 0 aliphatic rings. The summed E-state index contributed by atoms with van der Waals surface area (Å²) in [6.07, 6.45) is 2.03. The van der Waals surface area contributed by atoms with Gasteiger partial charge in [0.05, 0.1) is 15.7 Å². The maximum atomic E-state index is 12.2. The van der Waals surface area contributed by atoms with Crippen LogP contribution in [0, 0.1) is 6.92 Å². The Labute approximate surface area is 219 Å². The Kier molecular flexibility index (Phi) is 8.85. The first-order valence-electron chi connectivity index (χ1n) is 11.4. The van der Waals surface area contributed by atoms with Gasteiger partial charge in [-0.2, -0.15) is 0 Å². The topological polar surface area (TPSA) is 59.8 Å². The lowest BCUT2D eigenvalue weighted by molar-refractivity contribution is -0.121. The largest absolute Gasteiger partial charge is 0.356 e. The van der Waals surface area contributed by atoms with Crippen molar-refractivity contribution in [2.24, 2.45) is 0 Å². The summed E-state index contributed by atoms with van der Waals surface area (Å²) in [4.78, 5) is 12.2. The van der Waals surface area contributed by atoms with Gasteiger partial charge in [0.15, 0.2) is 11.0 Å². The smallest absolute Gasteiger partial charge is 0.220 e. The van der Waals surface area contributed by atoms with Gasteiger partial charge in [0.2, 0.25) is 5.91 Å². The van der Waals surface area contributed by atoms with Crippen LogP contribution in [0.4, 0.5) is 0 Å². The third-order valence-corrected chi connectivity index (χ3v) is 7.22. The zero-order chi connectivity index (χ0) is 24.6. The van der Waals surface area contributed by atoms with Crippen LogP contribution in [0.3, 0.4) is 0 Å². The van der Waals surface area contributed by atoms with Gasteiger partial charge >= 0.3 is 0 Å². The van der Waals surface area contributed by atoms with Crippen molar-refractivity contribution < 1.29 is 4.79 Å². The summed E-state index contributed by atoms with van der Waals surface area (Å²) in [7, 11) is 0. The molecule has 0 fully saturated rings. The molecule has 35 heavy (non-hydrogen) atoms. The van der Waals surface area contributed by atoms with Crippen molar-refractivity contribution in [3.05, 3.63) is 94.0 Å². The molecule has 1 heterocycles. The van der Waals surface area contributed by atoms with E-state index >= 15 is 0 Å². The minimum absolute atomic E-state index is 0.0628. The number of carbonyl (C=O) groups is 1. The van der Waals surface area contributed by atoms with Crippen molar-refractivity contribution in [1.82, 2.24) is 20.1 Å². The molecule has 0 aliphatic carbocycles. The highest BCUT2D eigenvalue weighted by atomic mass is 35.5. The predicted molar refractivity (Wildman–Crippen MR) is 145 cm³/mol. The van der Waals surface area contributed by atoms with E-state index in [9.17, 15) is 4.79 Å². The summed E-state index contributed by atoms with van der Waals surface area (Å²) in [5, 5.41) is 13.6. The zero-order valence-electron chi connectivity index (χ0n) is 19.4. The normalized spacial score (nSPS) is 10.9. The third kappa shape index (κ3) is 6.88. The lowest BCUT2D eigenvalue weighted by Crippen LogP contribution is -2.25. The average molecular weight is 526 g/mol. The second-order valence-corrected chi connectivity index (χ2v) is 10.0. The fourth-order valence-corrected chi connectivity index (χ4v) is 4.77. The van der Waals surface area contributed by atoms with E-state index < -0.39 is 0 Å². The summed E-state index contributed by atoms with van der Waals surface area (Å²) in [6.45, 7) is 2.69. The van der Waals surface area contributed by atoms with Gasteiger partial charge in [-0.25, -0.2) is 0 Å². The number of benzene rings is 3. The highest BCUT2D eigenvalue weighted by molar-refractivity contribution is 7.99. The molecule has 0 aliphatic heterocycles. The second-order valence-electron chi connectivity index (χ2n) is 8.14. The van der Waals surface area contributed by atoms with E-state index in [0.717, 1.165) is 40.8 Å². The molecule has 1 aromatic heterocycles. The SMILES string of the molecule is Cc1ccc(-c2nnc(SCCCC(=O)NCCc3ccccc3)n2-c2ccc(Cl)c(Cl)c2)cc1. The molecular formula is C27H26Cl2N4OS. The molecule has 1 N–H and O–H groups in total. The van der Waals surface area contributed by atoms with E-state index in [1.807, 2.05) is 66.1 Å². The quantitative estimate of drug-likeness (QED) is 0.183. The van der Waals surface area contributed by atoms with Crippen molar-refractivity contribution in [2.45, 2.75) is 31.3 Å². The Bertz CT molecular complexity index is 1280. The molecule has 5 nitrogen and oxygen atoms in total. The van der Waals surface area contributed by atoms with Crippen LogP contribution < -0.4 is 5.32 Å². The Morgan fingerprint density at radius 3 is 2.49 bits per heavy atom. The van der Waals surface area contributed by atoms with E-state index in [4.69, 9.17) is 23.2 Å². The summed E-state index contributed by atoms with van der Waals surface area (Å²) in [5.41, 5.74) is 4.18. The van der Waals surface area contributed by atoms with Crippen molar-refractivity contribution in [3.8, 4) is 17.1 Å². The van der Waals surface area contributed by atoms with E-state index in [1.165, 1.54) is 11.1 Å². The number of hydrogen-bond acceptors (Lipinski definition) is 4. The van der Waals surface area contributed by atoms with Gasteiger partial charge in [0.1, 0.15) is 0 Å². The van der Waals surface area contributed by atoms with E-state index in [2.05, 4.69) is 27.6 Å². The molecule has 0 unspecified atom stereocenters. The number of aromatic nitrogens is 3. The first-order valence-corrected chi connectivity index (χ1v) is 13.2. The monoisotopic (exact) mass is 524 g/mol. The minimum Gasteiger partial charge on any atom is -0.356 e. The number of thioether (sulfide) groups is 1. The zero-order valence-corrected chi connectivity index (χ0v) is 21.7. The van der Waals surface area contributed by atoms with Gasteiger partial charge < -0.3 is 5.32 Å². The van der Waals surface area contributed by atoms with Crippen molar-refractivity contribution in [2.75, 3.05) is 12.3 Å². The second kappa shape index (κ2) is 12.2. The molecule has 4 rings (SSSR count). The van der Waals surface area contributed by atoms with E-state index in [1.54, 1.807) is 17.8 Å². The fourth-order valence-electron chi connectivity index (χ4n) is 3.59. The van der Waals surface area contributed by atoms with Crippen LogP contribution in [0.2, 0.25) is 10.0 Å². The first-order chi connectivity index (χ1) is 17.0. The highest BCUT2D eigenvalue weighted by Crippen LogP contribution is 2.31. The fraction of sp³-hybridized carbons (Fsp3) is 0.222. The van der Waals surface area contributed by atoms with E-state index in [-0.39, 0.29) is 5.91 Å². The van der Waals surface area contributed by atoms with Gasteiger partial charge in [-0.1, -0.05) is 95.1 Å². The number of carbonyl (C=O) groups excluding carboxylic acids is 1. The van der Waals surface area contributed by atoms with Gasteiger partial charge in [0, 0.05) is 24.3 Å². The van der Waals surface area contributed by atoms with Crippen LogP contribution in [0.5, 0.6) is 0 Å². The van der Waals surface area contributed by atoms with Gasteiger partial charge in [-0.3, -0.25) is 9.36 Å². The van der Waals surface area contributed by atoms with Crippen LogP contribution in [0.25, 0.3) is 17.1 Å². The number of nitrogens with zero attached hydrogens (tertiary/aromatic N) is 3. The predicted octanol–water partition coefficient (Wildman–Crippen LogP) is 6.78. The lowest BCUT2D eigenvalue weighted by Gasteiger charge is -2.11. The Balaban J connectivity index is 1.39. The molecule has 0 saturated carbocycles. The average Bonchev–Trinajstić information content (AvgIpc) is 3.28. The van der Waals surface area contributed by atoms with Crippen LogP contribution in [-0.2, 0) is 11.2 Å².